The van der Waals surface area contributed by atoms with Crippen LogP contribution in [0.3, 0.4) is 0 Å². The first-order chi connectivity index (χ1) is 8.61. The summed E-state index contributed by atoms with van der Waals surface area (Å²) < 4.78 is 13.4. The highest BCUT2D eigenvalue weighted by Crippen LogP contribution is 2.20. The lowest BCUT2D eigenvalue weighted by atomic mass is 10.0. The van der Waals surface area contributed by atoms with Gasteiger partial charge in [-0.3, -0.25) is 4.79 Å². The van der Waals surface area contributed by atoms with Crippen molar-refractivity contribution in [3.8, 4) is 0 Å². The van der Waals surface area contributed by atoms with Crippen molar-refractivity contribution in [3.63, 3.8) is 0 Å². The third-order valence-electron chi connectivity index (χ3n) is 2.53. The lowest BCUT2D eigenvalue weighted by Gasteiger charge is -2.03. The number of thioether (sulfide) groups is 1. The number of hydrogen-bond acceptors (Lipinski definition) is 2. The van der Waals surface area contributed by atoms with Crippen molar-refractivity contribution in [1.82, 2.24) is 0 Å². The summed E-state index contributed by atoms with van der Waals surface area (Å²) in [7, 11) is 0. The molecule has 1 nitrogen and oxygen atoms in total. The highest BCUT2D eigenvalue weighted by atomic mass is 79.9. The maximum absolute atomic E-state index is 13.1. The lowest BCUT2D eigenvalue weighted by molar-refractivity contribution is 0.103. The molecule has 92 valence electrons. The number of ketones is 1. The molecule has 2 rings (SSSR count). The van der Waals surface area contributed by atoms with Gasteiger partial charge in [-0.25, -0.2) is 4.39 Å². The smallest absolute Gasteiger partial charge is 0.193 e. The summed E-state index contributed by atoms with van der Waals surface area (Å²) in [5.41, 5.74) is 1.08. The van der Waals surface area contributed by atoms with Gasteiger partial charge < -0.3 is 0 Å². The van der Waals surface area contributed by atoms with E-state index in [0.29, 0.717) is 15.6 Å². The maximum Gasteiger partial charge on any atom is 0.193 e. The third-order valence-corrected chi connectivity index (χ3v) is 3.89. The Hall–Kier alpha value is -1.13. The standard InChI is InChI=1S/C14H10BrFOS/c1-18-11-5-2-9(3-6-11)14(17)10-4-7-13(16)12(15)8-10/h2-8H,1H3. The molecule has 0 saturated carbocycles. The van der Waals surface area contributed by atoms with Gasteiger partial charge in [0.25, 0.3) is 0 Å². The van der Waals surface area contributed by atoms with E-state index in [1.54, 1.807) is 23.9 Å². The summed E-state index contributed by atoms with van der Waals surface area (Å²) >= 11 is 4.70. The van der Waals surface area contributed by atoms with E-state index in [9.17, 15) is 9.18 Å². The van der Waals surface area contributed by atoms with Crippen LogP contribution in [-0.4, -0.2) is 12.0 Å². The highest BCUT2D eigenvalue weighted by molar-refractivity contribution is 9.10. The first-order valence-electron chi connectivity index (χ1n) is 5.25. The Morgan fingerprint density at radius 3 is 2.28 bits per heavy atom. The molecule has 4 heteroatoms. The average Bonchev–Trinajstić information content (AvgIpc) is 2.41. The van der Waals surface area contributed by atoms with Crippen molar-refractivity contribution in [2.75, 3.05) is 6.26 Å². The maximum atomic E-state index is 13.1. The molecule has 0 amide bonds. The van der Waals surface area contributed by atoms with Crippen molar-refractivity contribution >= 4 is 33.5 Å². The quantitative estimate of drug-likeness (QED) is 0.609. The minimum atomic E-state index is -0.371. The monoisotopic (exact) mass is 324 g/mol. The number of hydrogen-bond donors (Lipinski definition) is 0. The van der Waals surface area contributed by atoms with Gasteiger partial charge in [0.2, 0.25) is 0 Å². The Balaban J connectivity index is 2.32. The van der Waals surface area contributed by atoms with Crippen LogP contribution < -0.4 is 0 Å². The summed E-state index contributed by atoms with van der Waals surface area (Å²) in [4.78, 5) is 13.3. The zero-order valence-corrected chi connectivity index (χ0v) is 12.0. The second-order valence-corrected chi connectivity index (χ2v) is 5.42. The van der Waals surface area contributed by atoms with Crippen LogP contribution >= 0.6 is 27.7 Å². The van der Waals surface area contributed by atoms with E-state index in [1.165, 1.54) is 18.2 Å². The number of halogens is 2. The Kier molecular flexibility index (Phi) is 4.19. The summed E-state index contributed by atoms with van der Waals surface area (Å²) in [5.74, 6) is -0.479. The summed E-state index contributed by atoms with van der Waals surface area (Å²) in [6.45, 7) is 0. The van der Waals surface area contributed by atoms with Crippen LogP contribution in [0.4, 0.5) is 4.39 Å². The molecule has 0 aliphatic rings. The minimum Gasteiger partial charge on any atom is -0.289 e. The van der Waals surface area contributed by atoms with E-state index in [-0.39, 0.29) is 11.6 Å². The number of benzene rings is 2. The predicted octanol–water partition coefficient (Wildman–Crippen LogP) is 4.54. The molecule has 0 aliphatic heterocycles. The number of rotatable bonds is 3. The molecular formula is C14H10BrFOS. The van der Waals surface area contributed by atoms with Crippen LogP contribution in [0.2, 0.25) is 0 Å². The van der Waals surface area contributed by atoms with Gasteiger partial charge in [0.1, 0.15) is 5.82 Å². The summed E-state index contributed by atoms with van der Waals surface area (Å²) in [6.07, 6.45) is 1.98. The van der Waals surface area contributed by atoms with E-state index in [0.717, 1.165) is 4.90 Å². The van der Waals surface area contributed by atoms with Crippen molar-refractivity contribution < 1.29 is 9.18 Å². The largest absolute Gasteiger partial charge is 0.289 e. The molecule has 0 radical (unpaired) electrons. The van der Waals surface area contributed by atoms with E-state index in [2.05, 4.69) is 15.9 Å². The molecule has 0 heterocycles. The van der Waals surface area contributed by atoms with Gasteiger partial charge in [-0.2, -0.15) is 0 Å². The van der Waals surface area contributed by atoms with Gasteiger partial charge in [0, 0.05) is 16.0 Å². The van der Waals surface area contributed by atoms with E-state index >= 15 is 0 Å². The van der Waals surface area contributed by atoms with Crippen molar-refractivity contribution in [2.45, 2.75) is 4.90 Å². The van der Waals surface area contributed by atoms with E-state index < -0.39 is 0 Å². The second-order valence-electron chi connectivity index (χ2n) is 3.69. The van der Waals surface area contributed by atoms with Gasteiger partial charge in [-0.05, 0) is 64.7 Å². The molecule has 0 N–H and O–H groups in total. The first kappa shape index (κ1) is 13.3. The molecule has 0 fully saturated rings. The molecule has 2 aromatic rings. The molecule has 0 atom stereocenters. The van der Waals surface area contributed by atoms with Gasteiger partial charge in [-0.1, -0.05) is 0 Å². The fourth-order valence-electron chi connectivity index (χ4n) is 1.55. The van der Waals surface area contributed by atoms with Gasteiger partial charge in [0.05, 0.1) is 4.47 Å². The fourth-order valence-corrected chi connectivity index (χ4v) is 2.33. The Bertz CT molecular complexity index is 581. The van der Waals surface area contributed by atoms with Crippen molar-refractivity contribution in [1.29, 1.82) is 0 Å². The van der Waals surface area contributed by atoms with Crippen LogP contribution in [-0.2, 0) is 0 Å². The molecule has 0 saturated heterocycles. The second kappa shape index (κ2) is 5.67. The molecule has 0 aromatic heterocycles. The number of carbonyl (C=O) groups excluding carboxylic acids is 1. The Labute approximate surface area is 118 Å². The molecule has 18 heavy (non-hydrogen) atoms. The molecule has 0 bridgehead atoms. The molecule has 0 spiro atoms. The van der Waals surface area contributed by atoms with Crippen LogP contribution in [0.5, 0.6) is 0 Å². The fraction of sp³-hybridized carbons (Fsp3) is 0.0714. The van der Waals surface area contributed by atoms with Gasteiger partial charge in [0.15, 0.2) is 5.78 Å². The van der Waals surface area contributed by atoms with Gasteiger partial charge in [-0.15, -0.1) is 11.8 Å². The normalized spacial score (nSPS) is 10.4. The molecular weight excluding hydrogens is 315 g/mol. The van der Waals surface area contributed by atoms with Crippen molar-refractivity contribution in [3.05, 3.63) is 63.9 Å². The molecule has 2 aromatic carbocycles. The predicted molar refractivity (Wildman–Crippen MR) is 75.8 cm³/mol. The van der Waals surface area contributed by atoms with Crippen LogP contribution in [0.25, 0.3) is 0 Å². The van der Waals surface area contributed by atoms with E-state index in [1.807, 2.05) is 18.4 Å². The van der Waals surface area contributed by atoms with Crippen LogP contribution in [0.1, 0.15) is 15.9 Å². The summed E-state index contributed by atoms with van der Waals surface area (Å²) in [6, 6.07) is 11.6. The summed E-state index contributed by atoms with van der Waals surface area (Å²) in [5, 5.41) is 0. The lowest BCUT2D eigenvalue weighted by Crippen LogP contribution is -2.01. The van der Waals surface area contributed by atoms with Crippen LogP contribution in [0, 0.1) is 5.82 Å². The van der Waals surface area contributed by atoms with E-state index in [4.69, 9.17) is 0 Å². The Morgan fingerprint density at radius 2 is 1.72 bits per heavy atom. The zero-order valence-electron chi connectivity index (χ0n) is 9.61. The zero-order chi connectivity index (χ0) is 13.1. The van der Waals surface area contributed by atoms with Crippen LogP contribution in [0.15, 0.2) is 51.8 Å². The van der Waals surface area contributed by atoms with Gasteiger partial charge >= 0.3 is 0 Å². The average molecular weight is 325 g/mol. The third kappa shape index (κ3) is 2.82. The Morgan fingerprint density at radius 1 is 1.11 bits per heavy atom. The first-order valence-corrected chi connectivity index (χ1v) is 7.27. The molecule has 0 aliphatic carbocycles. The topological polar surface area (TPSA) is 17.1 Å². The SMILES string of the molecule is CSc1ccc(C(=O)c2ccc(F)c(Br)c2)cc1. The molecule has 0 unspecified atom stereocenters. The highest BCUT2D eigenvalue weighted by Gasteiger charge is 2.10. The minimum absolute atomic E-state index is 0.108. The number of carbonyl (C=O) groups is 1. The van der Waals surface area contributed by atoms with Crippen molar-refractivity contribution in [2.24, 2.45) is 0 Å².